The molecule has 0 radical (unpaired) electrons. The third-order valence-electron chi connectivity index (χ3n) is 6.07. The molecule has 0 aliphatic heterocycles. The Balaban J connectivity index is 1.98. The summed E-state index contributed by atoms with van der Waals surface area (Å²) in [5.74, 6) is -1.42. The van der Waals surface area contributed by atoms with Crippen LogP contribution in [0.5, 0.6) is 0 Å². The molecule has 0 bridgehead atoms. The second-order valence-corrected chi connectivity index (χ2v) is 11.1. The topological polar surface area (TPSA) is 96.0 Å². The molecule has 1 N–H and O–H groups in total. The van der Waals surface area contributed by atoms with Crippen molar-refractivity contribution in [1.29, 1.82) is 0 Å². The van der Waals surface area contributed by atoms with Gasteiger partial charge in [-0.05, 0) is 35.2 Å². The Labute approximate surface area is 229 Å². The number of hydrogen-bond acceptors (Lipinski definition) is 5. The Morgan fingerprint density at radius 1 is 0.897 bits per heavy atom. The van der Waals surface area contributed by atoms with E-state index >= 15 is 0 Å². The molecule has 3 aromatic carbocycles. The number of sulfonamides is 1. The summed E-state index contributed by atoms with van der Waals surface area (Å²) in [5, 5.41) is 2.87. The zero-order valence-corrected chi connectivity index (χ0v) is 22.9. The third kappa shape index (κ3) is 9.27. The van der Waals surface area contributed by atoms with Crippen LogP contribution in [0.2, 0.25) is 0 Å². The first-order valence-corrected chi connectivity index (χ1v) is 14.4. The summed E-state index contributed by atoms with van der Waals surface area (Å²) in [7, 11) is -2.21. The van der Waals surface area contributed by atoms with Crippen LogP contribution in [0, 0.1) is 5.82 Å². The van der Waals surface area contributed by atoms with Gasteiger partial charge in [-0.2, -0.15) is 4.31 Å². The average molecular weight is 556 g/mol. The average Bonchev–Trinajstić information content (AvgIpc) is 2.92. The van der Waals surface area contributed by atoms with Crippen LogP contribution in [0.25, 0.3) is 0 Å². The second kappa shape index (κ2) is 14.5. The summed E-state index contributed by atoms with van der Waals surface area (Å²) in [6, 6.07) is 22.3. The minimum atomic E-state index is -3.78. The van der Waals surface area contributed by atoms with Crippen molar-refractivity contribution in [2.45, 2.75) is 25.6 Å². The molecule has 0 aliphatic rings. The van der Waals surface area contributed by atoms with E-state index in [2.05, 4.69) is 5.32 Å². The highest BCUT2D eigenvalue weighted by Gasteiger charge is 2.33. The van der Waals surface area contributed by atoms with Crippen molar-refractivity contribution in [3.05, 3.63) is 107 Å². The van der Waals surface area contributed by atoms with Crippen molar-refractivity contribution in [2.24, 2.45) is 0 Å². The predicted octanol–water partition coefficient (Wildman–Crippen LogP) is 3.51. The Morgan fingerprint density at radius 3 is 2.08 bits per heavy atom. The maximum atomic E-state index is 13.9. The van der Waals surface area contributed by atoms with Crippen LogP contribution >= 0.6 is 0 Å². The Morgan fingerprint density at radius 2 is 1.49 bits per heavy atom. The second-order valence-electron chi connectivity index (χ2n) is 9.12. The van der Waals surface area contributed by atoms with Crippen LogP contribution in [-0.2, 0) is 37.4 Å². The van der Waals surface area contributed by atoms with E-state index < -0.39 is 40.2 Å². The molecule has 1 unspecified atom stereocenters. The molecular formula is C29H34FN3O5S. The van der Waals surface area contributed by atoms with Crippen LogP contribution < -0.4 is 5.32 Å². The van der Waals surface area contributed by atoms with Gasteiger partial charge in [-0.1, -0.05) is 72.8 Å². The molecule has 0 saturated heterocycles. The molecule has 0 fully saturated rings. The SMILES string of the molecule is COCCCNC(=O)C(c1ccccc1)N(Cc1ccc(F)cc1)C(=O)CN(Cc1ccccc1)S(C)(=O)=O. The fraction of sp³-hybridized carbons (Fsp3) is 0.310. The minimum Gasteiger partial charge on any atom is -0.385 e. The van der Waals surface area contributed by atoms with Crippen LogP contribution in [0.1, 0.15) is 29.2 Å². The first-order chi connectivity index (χ1) is 18.7. The molecule has 0 spiro atoms. The highest BCUT2D eigenvalue weighted by molar-refractivity contribution is 7.88. The number of amides is 2. The number of ether oxygens (including phenoxy) is 1. The lowest BCUT2D eigenvalue weighted by atomic mass is 10.0. The number of nitrogens with zero attached hydrogens (tertiary/aromatic N) is 2. The highest BCUT2D eigenvalue weighted by atomic mass is 32.2. The van der Waals surface area contributed by atoms with Gasteiger partial charge in [0.2, 0.25) is 21.8 Å². The van der Waals surface area contributed by atoms with Crippen LogP contribution in [-0.4, -0.2) is 62.5 Å². The minimum absolute atomic E-state index is 0.00494. The van der Waals surface area contributed by atoms with Gasteiger partial charge < -0.3 is 15.0 Å². The molecule has 3 rings (SSSR count). The maximum Gasteiger partial charge on any atom is 0.247 e. The zero-order chi connectivity index (χ0) is 28.3. The Hall–Kier alpha value is -3.60. The molecule has 0 heterocycles. The van der Waals surface area contributed by atoms with Crippen LogP contribution in [0.15, 0.2) is 84.9 Å². The number of rotatable bonds is 14. The predicted molar refractivity (Wildman–Crippen MR) is 147 cm³/mol. The molecule has 208 valence electrons. The first-order valence-electron chi connectivity index (χ1n) is 12.5. The summed E-state index contributed by atoms with van der Waals surface area (Å²) >= 11 is 0. The fourth-order valence-electron chi connectivity index (χ4n) is 4.06. The molecule has 0 saturated carbocycles. The van der Waals surface area contributed by atoms with Gasteiger partial charge in [0.1, 0.15) is 11.9 Å². The normalized spacial score (nSPS) is 12.2. The van der Waals surface area contributed by atoms with Gasteiger partial charge in [-0.15, -0.1) is 0 Å². The summed E-state index contributed by atoms with van der Waals surface area (Å²) in [5.41, 5.74) is 1.87. The lowest BCUT2D eigenvalue weighted by Gasteiger charge is -2.33. The van der Waals surface area contributed by atoms with E-state index in [0.29, 0.717) is 30.7 Å². The molecule has 39 heavy (non-hydrogen) atoms. The van der Waals surface area contributed by atoms with Gasteiger partial charge >= 0.3 is 0 Å². The fourth-order valence-corrected chi connectivity index (χ4v) is 4.79. The number of carbonyl (C=O) groups excluding carboxylic acids is 2. The van der Waals surface area contributed by atoms with Gasteiger partial charge in [0.05, 0.1) is 12.8 Å². The molecular weight excluding hydrogens is 521 g/mol. The molecule has 3 aromatic rings. The van der Waals surface area contributed by atoms with E-state index in [0.717, 1.165) is 16.1 Å². The van der Waals surface area contributed by atoms with Gasteiger partial charge in [-0.25, -0.2) is 12.8 Å². The number of halogens is 1. The van der Waals surface area contributed by atoms with E-state index in [1.165, 1.54) is 29.2 Å². The number of nitrogens with one attached hydrogen (secondary N) is 1. The van der Waals surface area contributed by atoms with Crippen molar-refractivity contribution in [3.63, 3.8) is 0 Å². The molecule has 2 amide bonds. The van der Waals surface area contributed by atoms with Crippen molar-refractivity contribution in [3.8, 4) is 0 Å². The van der Waals surface area contributed by atoms with E-state index in [9.17, 15) is 22.4 Å². The standard InChI is InChI=1S/C29H34FN3O5S/c1-38-19-9-18-31-29(35)28(25-12-7-4-8-13-25)33(21-24-14-16-26(30)17-15-24)27(34)22-32(39(2,36)37)20-23-10-5-3-6-11-23/h3-8,10-17,28H,9,18-22H2,1-2H3,(H,31,35). The zero-order valence-electron chi connectivity index (χ0n) is 22.1. The smallest absolute Gasteiger partial charge is 0.247 e. The molecule has 0 aliphatic carbocycles. The van der Waals surface area contributed by atoms with E-state index in [4.69, 9.17) is 4.74 Å². The molecule has 1 atom stereocenters. The van der Waals surface area contributed by atoms with Gasteiger partial charge in [0.25, 0.3) is 0 Å². The van der Waals surface area contributed by atoms with Crippen LogP contribution in [0.4, 0.5) is 4.39 Å². The Kier molecular flexibility index (Phi) is 11.2. The molecule has 10 heteroatoms. The number of carbonyl (C=O) groups is 2. The number of benzene rings is 3. The summed E-state index contributed by atoms with van der Waals surface area (Å²) in [6.07, 6.45) is 1.62. The van der Waals surface area contributed by atoms with Gasteiger partial charge in [0.15, 0.2) is 0 Å². The van der Waals surface area contributed by atoms with E-state index in [1.54, 1.807) is 61.7 Å². The van der Waals surface area contributed by atoms with Crippen molar-refractivity contribution >= 4 is 21.8 Å². The number of hydrogen-bond donors (Lipinski definition) is 1. The summed E-state index contributed by atoms with van der Waals surface area (Å²) in [4.78, 5) is 28.8. The molecule has 0 aromatic heterocycles. The monoisotopic (exact) mass is 555 g/mol. The highest BCUT2D eigenvalue weighted by Crippen LogP contribution is 2.25. The van der Waals surface area contributed by atoms with Crippen molar-refractivity contribution in [2.75, 3.05) is 33.1 Å². The van der Waals surface area contributed by atoms with Gasteiger partial charge in [-0.3, -0.25) is 9.59 Å². The number of methoxy groups -OCH3 is 1. The van der Waals surface area contributed by atoms with Crippen molar-refractivity contribution in [1.82, 2.24) is 14.5 Å². The van der Waals surface area contributed by atoms with Crippen LogP contribution in [0.3, 0.4) is 0 Å². The van der Waals surface area contributed by atoms with Crippen molar-refractivity contribution < 1.29 is 27.1 Å². The molecule has 8 nitrogen and oxygen atoms in total. The lowest BCUT2D eigenvalue weighted by molar-refractivity contribution is -0.141. The van der Waals surface area contributed by atoms with Gasteiger partial charge in [0, 0.05) is 33.4 Å². The third-order valence-corrected chi connectivity index (χ3v) is 7.26. The van der Waals surface area contributed by atoms with E-state index in [1.807, 2.05) is 6.07 Å². The largest absolute Gasteiger partial charge is 0.385 e. The quantitative estimate of drug-likeness (QED) is 0.307. The Bertz CT molecular complexity index is 1310. The lowest BCUT2D eigenvalue weighted by Crippen LogP contribution is -2.48. The van der Waals surface area contributed by atoms with E-state index in [-0.39, 0.29) is 13.1 Å². The summed E-state index contributed by atoms with van der Waals surface area (Å²) < 4.78 is 45.1. The maximum absolute atomic E-state index is 13.9. The summed E-state index contributed by atoms with van der Waals surface area (Å²) in [6.45, 7) is 0.271. The first kappa shape index (κ1) is 29.9.